The van der Waals surface area contributed by atoms with Gasteiger partial charge in [0.25, 0.3) is 0 Å². The van der Waals surface area contributed by atoms with E-state index in [1.807, 2.05) is 50.2 Å². The van der Waals surface area contributed by atoms with Crippen molar-refractivity contribution in [1.82, 2.24) is 4.98 Å². The van der Waals surface area contributed by atoms with E-state index in [1.54, 1.807) is 26.4 Å². The smallest absolute Gasteiger partial charge is 0.203 e. The number of fused-ring (bicyclic) bond motifs is 1. The lowest BCUT2D eigenvalue weighted by Gasteiger charge is -2.15. The van der Waals surface area contributed by atoms with Gasteiger partial charge in [-0.05, 0) is 56.3 Å². The molecule has 1 aromatic heterocycles. The summed E-state index contributed by atoms with van der Waals surface area (Å²) in [5.41, 5.74) is 3.04. The molecule has 1 N–H and O–H groups in total. The molecule has 0 saturated heterocycles. The molecular weight excluding hydrogens is 474 g/mol. The molecule has 0 unspecified atom stereocenters. The van der Waals surface area contributed by atoms with E-state index in [0.717, 1.165) is 16.5 Å². The van der Waals surface area contributed by atoms with Gasteiger partial charge in [0.2, 0.25) is 5.75 Å². The Balaban J connectivity index is 1.96. The van der Waals surface area contributed by atoms with E-state index in [2.05, 4.69) is 4.98 Å². The molecule has 0 amide bonds. The maximum atomic E-state index is 14.1. The average Bonchev–Trinajstić information content (AvgIpc) is 3.29. The van der Waals surface area contributed by atoms with Gasteiger partial charge in [0.05, 0.1) is 58.4 Å². The molecular formula is C29H31NO7. The molecule has 0 aliphatic rings. The zero-order chi connectivity index (χ0) is 26.7. The van der Waals surface area contributed by atoms with Gasteiger partial charge in [0.1, 0.15) is 5.75 Å². The molecule has 0 aliphatic carbocycles. The van der Waals surface area contributed by atoms with Crippen LogP contribution in [0.15, 0.2) is 48.5 Å². The van der Waals surface area contributed by atoms with Gasteiger partial charge in [-0.1, -0.05) is 0 Å². The van der Waals surface area contributed by atoms with Crippen LogP contribution in [-0.4, -0.2) is 52.4 Å². The average molecular weight is 506 g/mol. The fourth-order valence-electron chi connectivity index (χ4n) is 4.29. The van der Waals surface area contributed by atoms with Crippen LogP contribution in [0, 0.1) is 0 Å². The van der Waals surface area contributed by atoms with Crippen LogP contribution in [0.3, 0.4) is 0 Å². The molecule has 8 heteroatoms. The minimum Gasteiger partial charge on any atom is -0.497 e. The van der Waals surface area contributed by atoms with E-state index in [9.17, 15) is 4.79 Å². The quantitative estimate of drug-likeness (QED) is 0.269. The second kappa shape index (κ2) is 10.7. The number of ether oxygens (including phenoxy) is 6. The maximum Gasteiger partial charge on any atom is 0.203 e. The number of hydrogen-bond acceptors (Lipinski definition) is 7. The number of hydrogen-bond donors (Lipinski definition) is 1. The lowest BCUT2D eigenvalue weighted by Crippen LogP contribution is -2.07. The summed E-state index contributed by atoms with van der Waals surface area (Å²) < 4.78 is 33.3. The molecule has 0 saturated carbocycles. The summed E-state index contributed by atoms with van der Waals surface area (Å²) in [6.07, 6.45) is -0.0588. The Labute approximate surface area is 216 Å². The normalized spacial score (nSPS) is 10.9. The molecule has 3 aromatic carbocycles. The number of nitrogens with one attached hydrogen (secondary N) is 1. The Morgan fingerprint density at radius 3 is 1.97 bits per heavy atom. The highest BCUT2D eigenvalue weighted by atomic mass is 16.5. The molecule has 0 aliphatic heterocycles. The number of aromatic nitrogens is 1. The molecule has 0 spiro atoms. The van der Waals surface area contributed by atoms with Gasteiger partial charge in [0, 0.05) is 22.6 Å². The molecule has 37 heavy (non-hydrogen) atoms. The third-order valence-corrected chi connectivity index (χ3v) is 5.97. The minimum atomic E-state index is -0.215. The number of carbonyl (C=O) groups is 1. The third-order valence-electron chi connectivity index (χ3n) is 5.97. The number of aromatic amines is 1. The number of rotatable bonds is 10. The summed E-state index contributed by atoms with van der Waals surface area (Å²) in [6.45, 7) is 3.89. The molecule has 194 valence electrons. The highest BCUT2D eigenvalue weighted by Crippen LogP contribution is 2.41. The Morgan fingerprint density at radius 1 is 0.730 bits per heavy atom. The number of benzene rings is 3. The van der Waals surface area contributed by atoms with Crippen molar-refractivity contribution in [2.45, 2.75) is 20.0 Å². The molecule has 8 nitrogen and oxygen atoms in total. The van der Waals surface area contributed by atoms with Crippen LogP contribution >= 0.6 is 0 Å². The lowest BCUT2D eigenvalue weighted by molar-refractivity contribution is 0.104. The minimum absolute atomic E-state index is 0.0588. The zero-order valence-electron chi connectivity index (χ0n) is 22.1. The number of carbonyl (C=O) groups excluding carboxylic acids is 1. The first-order chi connectivity index (χ1) is 17.8. The Kier molecular flexibility index (Phi) is 7.47. The lowest BCUT2D eigenvalue weighted by atomic mass is 9.96. The monoisotopic (exact) mass is 505 g/mol. The molecule has 1 heterocycles. The van der Waals surface area contributed by atoms with Crippen LogP contribution < -0.4 is 28.4 Å². The van der Waals surface area contributed by atoms with Crippen molar-refractivity contribution in [2.75, 3.05) is 35.5 Å². The maximum absolute atomic E-state index is 14.1. The highest BCUT2D eigenvalue weighted by molar-refractivity contribution is 6.20. The first-order valence-electron chi connectivity index (χ1n) is 11.7. The second-order valence-corrected chi connectivity index (χ2v) is 8.56. The summed E-state index contributed by atoms with van der Waals surface area (Å²) in [4.78, 5) is 17.6. The molecule has 0 atom stereocenters. The number of H-pyrrole nitrogens is 1. The fraction of sp³-hybridized carbons (Fsp3) is 0.276. The van der Waals surface area contributed by atoms with Crippen LogP contribution in [0.4, 0.5) is 0 Å². The van der Waals surface area contributed by atoms with Crippen molar-refractivity contribution in [3.05, 3.63) is 59.7 Å². The topological polar surface area (TPSA) is 88.2 Å². The van der Waals surface area contributed by atoms with E-state index in [1.165, 1.54) is 21.3 Å². The summed E-state index contributed by atoms with van der Waals surface area (Å²) in [5.74, 6) is 2.84. The number of methoxy groups -OCH3 is 5. The van der Waals surface area contributed by atoms with Gasteiger partial charge in [0.15, 0.2) is 28.8 Å². The van der Waals surface area contributed by atoms with Crippen molar-refractivity contribution < 1.29 is 33.2 Å². The van der Waals surface area contributed by atoms with E-state index in [0.29, 0.717) is 51.3 Å². The van der Waals surface area contributed by atoms with Crippen molar-refractivity contribution >= 4 is 16.7 Å². The Morgan fingerprint density at radius 2 is 1.41 bits per heavy atom. The van der Waals surface area contributed by atoms with E-state index >= 15 is 0 Å². The number of ketones is 1. The summed E-state index contributed by atoms with van der Waals surface area (Å²) >= 11 is 0. The molecule has 0 bridgehead atoms. The predicted octanol–water partition coefficient (Wildman–Crippen LogP) is 5.90. The highest BCUT2D eigenvalue weighted by Gasteiger charge is 2.25. The second-order valence-electron chi connectivity index (χ2n) is 8.56. The van der Waals surface area contributed by atoms with E-state index in [-0.39, 0.29) is 11.9 Å². The third kappa shape index (κ3) is 4.87. The Hall–Kier alpha value is -4.33. The Bertz CT molecular complexity index is 1410. The van der Waals surface area contributed by atoms with Gasteiger partial charge < -0.3 is 33.4 Å². The van der Waals surface area contributed by atoms with Crippen LogP contribution in [0.25, 0.3) is 22.2 Å². The van der Waals surface area contributed by atoms with Crippen LogP contribution in [0.2, 0.25) is 0 Å². The van der Waals surface area contributed by atoms with Gasteiger partial charge in [-0.25, -0.2) is 0 Å². The summed E-state index contributed by atoms with van der Waals surface area (Å²) in [5, 5.41) is 0.747. The van der Waals surface area contributed by atoms with Crippen LogP contribution in [0.5, 0.6) is 34.5 Å². The largest absolute Gasteiger partial charge is 0.497 e. The van der Waals surface area contributed by atoms with Crippen LogP contribution in [0.1, 0.15) is 29.8 Å². The predicted molar refractivity (Wildman–Crippen MR) is 142 cm³/mol. The first kappa shape index (κ1) is 25.8. The molecule has 0 fully saturated rings. The van der Waals surface area contributed by atoms with Crippen LogP contribution in [-0.2, 0) is 0 Å². The van der Waals surface area contributed by atoms with E-state index in [4.69, 9.17) is 28.4 Å². The molecule has 4 aromatic rings. The van der Waals surface area contributed by atoms with Crippen molar-refractivity contribution in [1.29, 1.82) is 0 Å². The van der Waals surface area contributed by atoms with Gasteiger partial charge in [-0.15, -0.1) is 0 Å². The summed E-state index contributed by atoms with van der Waals surface area (Å²) in [7, 11) is 7.75. The first-order valence-corrected chi connectivity index (χ1v) is 11.7. The molecule has 0 radical (unpaired) electrons. The van der Waals surface area contributed by atoms with Gasteiger partial charge >= 0.3 is 0 Å². The zero-order valence-corrected chi connectivity index (χ0v) is 22.1. The fourth-order valence-corrected chi connectivity index (χ4v) is 4.29. The van der Waals surface area contributed by atoms with Gasteiger partial charge in [-0.2, -0.15) is 0 Å². The van der Waals surface area contributed by atoms with Gasteiger partial charge in [-0.3, -0.25) is 4.79 Å². The SMILES string of the molecule is COc1ccc2c(C(=O)c3cc(OC)c(OC)c(OC)c3)c(-c3ccc(OC)c(OC(C)C)c3)[nH]c2c1. The van der Waals surface area contributed by atoms with E-state index < -0.39 is 0 Å². The summed E-state index contributed by atoms with van der Waals surface area (Å²) in [6, 6.07) is 14.4. The molecule has 4 rings (SSSR count). The van der Waals surface area contributed by atoms with Crippen molar-refractivity contribution in [3.63, 3.8) is 0 Å². The standard InChI is InChI=1S/C29H31NO7/c1-16(2)37-23-12-17(8-11-22(23)33-4)27-26(20-10-9-19(32-3)15-21(20)30-27)28(31)18-13-24(34-5)29(36-7)25(14-18)35-6/h8-16,30H,1-7H3. The van der Waals surface area contributed by atoms with Crippen molar-refractivity contribution in [2.24, 2.45) is 0 Å². The van der Waals surface area contributed by atoms with Crippen molar-refractivity contribution in [3.8, 4) is 45.8 Å².